The van der Waals surface area contributed by atoms with E-state index < -0.39 is 22.2 Å². The average molecular weight is 513 g/mol. The Morgan fingerprint density at radius 1 is 1.18 bits per heavy atom. The topological polar surface area (TPSA) is 123 Å². The highest BCUT2D eigenvalue weighted by atomic mass is 32.2. The van der Waals surface area contributed by atoms with Crippen LogP contribution >= 0.6 is 0 Å². The molecule has 1 N–H and O–H groups in total. The van der Waals surface area contributed by atoms with Gasteiger partial charge < -0.3 is 19.3 Å². The maximum absolute atomic E-state index is 13.3. The maximum Gasteiger partial charge on any atom is 0.490 e. The van der Waals surface area contributed by atoms with Gasteiger partial charge in [0.25, 0.3) is 0 Å². The van der Waals surface area contributed by atoms with Gasteiger partial charge in [-0.1, -0.05) is 12.1 Å². The Hall–Kier alpha value is -2.42. The van der Waals surface area contributed by atoms with E-state index in [1.54, 1.807) is 31.4 Å². The lowest BCUT2D eigenvalue weighted by molar-refractivity contribution is -0.192. The van der Waals surface area contributed by atoms with E-state index in [0.29, 0.717) is 38.3 Å². The second kappa shape index (κ2) is 11.8. The number of rotatable bonds is 5. The van der Waals surface area contributed by atoms with Crippen molar-refractivity contribution in [3.8, 4) is 5.75 Å². The Morgan fingerprint density at radius 2 is 1.79 bits per heavy atom. The Labute approximate surface area is 195 Å². The highest BCUT2D eigenvalue weighted by Gasteiger charge is 2.43. The molecule has 192 valence electrons. The molecule has 0 amide bonds. The van der Waals surface area contributed by atoms with Crippen molar-refractivity contribution in [1.82, 2.24) is 9.21 Å². The standard InChI is InChI=1S/C18H26N2O6S.C2HF3O2/c1-24-12-11-20-14-7-9-19(13-18(21)25-2)10-8-15(14)26-16-5-3-4-6-17(16)27(20,22)23;3-2(4,5)1(6)7/h3-6,14-15H,7-13H2,1-2H3;(H,6,7)/t14-,15-;/m0./s1. The van der Waals surface area contributed by atoms with Crippen molar-refractivity contribution in [3.05, 3.63) is 24.3 Å². The molecule has 0 bridgehead atoms. The third-order valence-corrected chi connectivity index (χ3v) is 7.29. The molecule has 1 fully saturated rings. The Morgan fingerprint density at radius 3 is 2.38 bits per heavy atom. The van der Waals surface area contributed by atoms with Crippen LogP contribution in [0.25, 0.3) is 0 Å². The summed E-state index contributed by atoms with van der Waals surface area (Å²) in [6.45, 7) is 1.98. The van der Waals surface area contributed by atoms with Gasteiger partial charge in [-0.25, -0.2) is 13.2 Å². The number of carbonyl (C=O) groups is 2. The van der Waals surface area contributed by atoms with Crippen LogP contribution in [0.1, 0.15) is 12.8 Å². The number of likely N-dealkylation sites (tertiary alicyclic amines) is 1. The monoisotopic (exact) mass is 512 g/mol. The number of esters is 1. The first-order valence-electron chi connectivity index (χ1n) is 10.3. The molecule has 0 unspecified atom stereocenters. The van der Waals surface area contributed by atoms with Gasteiger partial charge in [-0.15, -0.1) is 0 Å². The summed E-state index contributed by atoms with van der Waals surface area (Å²) in [4.78, 5) is 22.7. The summed E-state index contributed by atoms with van der Waals surface area (Å²) >= 11 is 0. The number of hydrogen-bond acceptors (Lipinski definition) is 8. The van der Waals surface area contributed by atoms with Crippen LogP contribution in [0.2, 0.25) is 0 Å². The van der Waals surface area contributed by atoms with Gasteiger partial charge in [0.15, 0.2) is 0 Å². The minimum atomic E-state index is -5.08. The van der Waals surface area contributed by atoms with Crippen LogP contribution in [0.5, 0.6) is 5.75 Å². The summed E-state index contributed by atoms with van der Waals surface area (Å²) in [5.74, 6) is -2.67. The van der Waals surface area contributed by atoms with Crippen LogP contribution in [0, 0.1) is 0 Å². The van der Waals surface area contributed by atoms with E-state index in [1.807, 2.05) is 4.90 Å². The molecule has 1 saturated heterocycles. The summed E-state index contributed by atoms with van der Waals surface area (Å²) in [5, 5.41) is 7.12. The Kier molecular flexibility index (Phi) is 9.67. The highest BCUT2D eigenvalue weighted by Crippen LogP contribution is 2.36. The number of alkyl halides is 3. The highest BCUT2D eigenvalue weighted by molar-refractivity contribution is 7.89. The van der Waals surface area contributed by atoms with Crippen LogP contribution in [0.15, 0.2) is 29.2 Å². The predicted octanol–water partition coefficient (Wildman–Crippen LogP) is 1.36. The number of para-hydroxylation sites is 1. The predicted molar refractivity (Wildman–Crippen MR) is 112 cm³/mol. The number of carboxylic acids is 1. The number of carbonyl (C=O) groups excluding carboxylic acids is 1. The van der Waals surface area contributed by atoms with E-state index in [-0.39, 0.29) is 36.1 Å². The average Bonchev–Trinajstić information content (AvgIpc) is 3.00. The van der Waals surface area contributed by atoms with Gasteiger partial charge in [0, 0.05) is 26.7 Å². The van der Waals surface area contributed by atoms with Crippen LogP contribution in [-0.4, -0.2) is 100.0 Å². The molecule has 2 atom stereocenters. The molecular formula is C20H27F3N2O8S. The lowest BCUT2D eigenvalue weighted by Gasteiger charge is -2.31. The second-order valence-electron chi connectivity index (χ2n) is 7.51. The largest absolute Gasteiger partial charge is 0.490 e. The Bertz CT molecular complexity index is 957. The van der Waals surface area contributed by atoms with E-state index in [0.717, 1.165) is 0 Å². The molecule has 14 heteroatoms. The van der Waals surface area contributed by atoms with Crippen LogP contribution in [0.3, 0.4) is 0 Å². The quantitative estimate of drug-likeness (QED) is 0.583. The van der Waals surface area contributed by atoms with Crippen LogP contribution in [-0.2, 0) is 29.1 Å². The van der Waals surface area contributed by atoms with Crippen molar-refractivity contribution in [1.29, 1.82) is 0 Å². The zero-order valence-electron chi connectivity index (χ0n) is 18.7. The van der Waals surface area contributed by atoms with E-state index in [9.17, 15) is 26.4 Å². The van der Waals surface area contributed by atoms with E-state index >= 15 is 0 Å². The Balaban J connectivity index is 0.000000509. The molecule has 2 aliphatic rings. The lowest BCUT2D eigenvalue weighted by Crippen LogP contribution is -2.48. The third-order valence-electron chi connectivity index (χ3n) is 5.32. The molecule has 2 aliphatic heterocycles. The van der Waals surface area contributed by atoms with Crippen molar-refractivity contribution < 1.29 is 50.5 Å². The number of halogens is 3. The molecule has 1 aromatic carbocycles. The molecule has 0 aliphatic carbocycles. The molecule has 10 nitrogen and oxygen atoms in total. The van der Waals surface area contributed by atoms with Gasteiger partial charge in [-0.3, -0.25) is 9.69 Å². The van der Waals surface area contributed by atoms with Gasteiger partial charge in [0.1, 0.15) is 16.7 Å². The molecule has 3 rings (SSSR count). The number of ether oxygens (including phenoxy) is 3. The number of methoxy groups -OCH3 is 2. The number of fused-ring (bicyclic) bond motifs is 2. The molecular weight excluding hydrogens is 485 g/mol. The zero-order valence-corrected chi connectivity index (χ0v) is 19.5. The molecule has 2 heterocycles. The lowest BCUT2D eigenvalue weighted by atomic mass is 10.1. The summed E-state index contributed by atoms with van der Waals surface area (Å²) < 4.78 is 75.9. The molecule has 0 spiro atoms. The van der Waals surface area contributed by atoms with Gasteiger partial charge in [0.05, 0.1) is 26.3 Å². The van der Waals surface area contributed by atoms with E-state index in [1.165, 1.54) is 11.4 Å². The fraction of sp³-hybridized carbons (Fsp3) is 0.600. The summed E-state index contributed by atoms with van der Waals surface area (Å²) in [7, 11) is -0.788. The van der Waals surface area contributed by atoms with E-state index in [4.69, 9.17) is 24.1 Å². The normalized spacial score (nSPS) is 22.5. The number of benzene rings is 1. The van der Waals surface area contributed by atoms with Crippen molar-refractivity contribution in [2.24, 2.45) is 0 Å². The van der Waals surface area contributed by atoms with Crippen LogP contribution in [0.4, 0.5) is 13.2 Å². The molecule has 0 saturated carbocycles. The maximum atomic E-state index is 13.3. The second-order valence-corrected chi connectivity index (χ2v) is 9.37. The van der Waals surface area contributed by atoms with Gasteiger partial charge in [-0.2, -0.15) is 17.5 Å². The van der Waals surface area contributed by atoms with Crippen LogP contribution < -0.4 is 4.74 Å². The number of sulfonamides is 1. The van der Waals surface area contributed by atoms with Crippen molar-refractivity contribution in [2.45, 2.75) is 36.1 Å². The van der Waals surface area contributed by atoms with Gasteiger partial charge in [0.2, 0.25) is 10.0 Å². The zero-order chi connectivity index (χ0) is 25.5. The fourth-order valence-corrected chi connectivity index (χ4v) is 5.47. The van der Waals surface area contributed by atoms with Gasteiger partial charge in [-0.05, 0) is 25.0 Å². The van der Waals surface area contributed by atoms with Gasteiger partial charge >= 0.3 is 18.1 Å². The summed E-state index contributed by atoms with van der Waals surface area (Å²) in [6, 6.07) is 6.43. The molecule has 1 aromatic rings. The smallest absolute Gasteiger partial charge is 0.487 e. The molecule has 0 aromatic heterocycles. The van der Waals surface area contributed by atoms with Crippen molar-refractivity contribution in [2.75, 3.05) is 47.0 Å². The fourth-order valence-electron chi connectivity index (χ4n) is 3.68. The first-order valence-corrected chi connectivity index (χ1v) is 11.7. The number of hydrogen-bond donors (Lipinski definition) is 1. The van der Waals surface area contributed by atoms with Crippen molar-refractivity contribution in [3.63, 3.8) is 0 Å². The third kappa shape index (κ3) is 7.04. The molecule has 34 heavy (non-hydrogen) atoms. The summed E-state index contributed by atoms with van der Waals surface area (Å²) in [6.07, 6.45) is -4.18. The first-order chi connectivity index (χ1) is 15.9. The first kappa shape index (κ1) is 27.8. The molecule has 0 radical (unpaired) electrons. The van der Waals surface area contributed by atoms with E-state index in [2.05, 4.69) is 0 Å². The van der Waals surface area contributed by atoms with Crippen molar-refractivity contribution >= 4 is 22.0 Å². The number of nitrogens with zero attached hydrogens (tertiary/aromatic N) is 2. The minimum absolute atomic E-state index is 0.192. The number of carboxylic acid groups (broad SMARTS) is 1. The summed E-state index contributed by atoms with van der Waals surface area (Å²) in [5.41, 5.74) is 0. The SMILES string of the molecule is COCCN1[C@H]2CCN(CC(=O)OC)CC[C@@H]2Oc2ccccc2S1(=O)=O.O=C(O)C(F)(F)F. The number of aliphatic carboxylic acids is 1. The minimum Gasteiger partial charge on any atom is -0.487 e.